The lowest BCUT2D eigenvalue weighted by Crippen LogP contribution is -2.17. The van der Waals surface area contributed by atoms with E-state index in [1.54, 1.807) is 18.2 Å². The maximum absolute atomic E-state index is 11.8. The summed E-state index contributed by atoms with van der Waals surface area (Å²) in [5, 5.41) is 2.70. The Morgan fingerprint density at radius 3 is 2.59 bits per heavy atom. The van der Waals surface area contributed by atoms with Crippen molar-refractivity contribution in [2.75, 3.05) is 19.0 Å². The van der Waals surface area contributed by atoms with Gasteiger partial charge in [0, 0.05) is 18.7 Å². The third-order valence-electron chi connectivity index (χ3n) is 3.91. The van der Waals surface area contributed by atoms with Crippen molar-refractivity contribution < 1.29 is 19.1 Å². The molecule has 0 spiro atoms. The van der Waals surface area contributed by atoms with Crippen molar-refractivity contribution in [1.82, 2.24) is 0 Å². The van der Waals surface area contributed by atoms with E-state index in [4.69, 9.17) is 9.47 Å². The Kier molecular flexibility index (Phi) is 5.81. The molecule has 22 heavy (non-hydrogen) atoms. The lowest BCUT2D eigenvalue weighted by molar-refractivity contribution is -0.114. The molecule has 120 valence electrons. The van der Waals surface area contributed by atoms with E-state index in [9.17, 15) is 9.59 Å². The first-order chi connectivity index (χ1) is 10.6. The summed E-state index contributed by atoms with van der Waals surface area (Å²) in [6.45, 7) is 2.03. The van der Waals surface area contributed by atoms with Crippen LogP contribution in [-0.4, -0.2) is 25.6 Å². The van der Waals surface area contributed by atoms with E-state index in [2.05, 4.69) is 5.32 Å². The third-order valence-corrected chi connectivity index (χ3v) is 3.91. The Bertz CT molecular complexity index is 535. The van der Waals surface area contributed by atoms with Gasteiger partial charge in [-0.05, 0) is 30.9 Å². The normalized spacial score (nSPS) is 15.2. The fourth-order valence-electron chi connectivity index (χ4n) is 2.76. The highest BCUT2D eigenvalue weighted by atomic mass is 16.5. The van der Waals surface area contributed by atoms with Gasteiger partial charge in [-0.3, -0.25) is 4.79 Å². The highest BCUT2D eigenvalue weighted by Crippen LogP contribution is 2.28. The molecule has 1 fully saturated rings. The molecular weight excluding hydrogens is 282 g/mol. The first-order valence-corrected chi connectivity index (χ1v) is 7.73. The molecule has 0 unspecified atom stereocenters. The monoisotopic (exact) mass is 305 g/mol. The lowest BCUT2D eigenvalue weighted by atomic mass is 9.90. The smallest absolute Gasteiger partial charge is 0.341 e. The second kappa shape index (κ2) is 7.82. The van der Waals surface area contributed by atoms with Crippen LogP contribution in [0.15, 0.2) is 18.2 Å². The molecule has 2 rings (SSSR count). The summed E-state index contributed by atoms with van der Waals surface area (Å²) < 4.78 is 10.7. The number of ether oxygens (including phenoxy) is 2. The minimum absolute atomic E-state index is 0.163. The van der Waals surface area contributed by atoms with Gasteiger partial charge in [-0.15, -0.1) is 0 Å². The van der Waals surface area contributed by atoms with E-state index >= 15 is 0 Å². The molecule has 0 aromatic heterocycles. The predicted molar refractivity (Wildman–Crippen MR) is 84.2 cm³/mol. The van der Waals surface area contributed by atoms with Crippen LogP contribution >= 0.6 is 0 Å². The molecule has 1 aliphatic carbocycles. The topological polar surface area (TPSA) is 64.6 Å². The Balaban J connectivity index is 2.12. The number of hydrogen-bond acceptors (Lipinski definition) is 4. The molecule has 1 amide bonds. The summed E-state index contributed by atoms with van der Waals surface area (Å²) in [7, 11) is 1.34. The summed E-state index contributed by atoms with van der Waals surface area (Å²) in [5.74, 6) is 0.393. The molecule has 0 saturated heterocycles. The molecule has 0 bridgehead atoms. The van der Waals surface area contributed by atoms with Crippen LogP contribution in [0.4, 0.5) is 5.69 Å². The minimum atomic E-state index is -0.437. The van der Waals surface area contributed by atoms with Crippen molar-refractivity contribution in [3.05, 3.63) is 23.8 Å². The number of methoxy groups -OCH3 is 1. The number of nitrogens with one attached hydrogen (secondary N) is 1. The van der Waals surface area contributed by atoms with Crippen molar-refractivity contribution in [3.8, 4) is 5.75 Å². The number of esters is 1. The average Bonchev–Trinajstić information content (AvgIpc) is 2.53. The number of carbonyl (C=O) groups is 2. The average molecular weight is 305 g/mol. The summed E-state index contributed by atoms with van der Waals surface area (Å²) in [6.07, 6.45) is 6.10. The van der Waals surface area contributed by atoms with Crippen LogP contribution in [-0.2, 0) is 9.53 Å². The summed E-state index contributed by atoms with van der Waals surface area (Å²) in [6, 6.07) is 4.96. The number of amides is 1. The fourth-order valence-corrected chi connectivity index (χ4v) is 2.76. The molecule has 1 saturated carbocycles. The predicted octanol–water partition coefficient (Wildman–Crippen LogP) is 3.39. The van der Waals surface area contributed by atoms with Gasteiger partial charge in [0.2, 0.25) is 5.91 Å². The zero-order chi connectivity index (χ0) is 15.9. The number of anilines is 1. The molecule has 0 radical (unpaired) electrons. The zero-order valence-electron chi connectivity index (χ0n) is 13.2. The molecule has 0 atom stereocenters. The van der Waals surface area contributed by atoms with Crippen LogP contribution < -0.4 is 10.1 Å². The van der Waals surface area contributed by atoms with Crippen LogP contribution in [0.1, 0.15) is 49.4 Å². The highest BCUT2D eigenvalue weighted by Gasteiger charge is 2.18. The van der Waals surface area contributed by atoms with Gasteiger partial charge in [-0.2, -0.15) is 0 Å². The first kappa shape index (κ1) is 16.3. The van der Waals surface area contributed by atoms with E-state index < -0.39 is 5.97 Å². The van der Waals surface area contributed by atoms with E-state index in [0.717, 1.165) is 0 Å². The quantitative estimate of drug-likeness (QED) is 0.847. The van der Waals surface area contributed by atoms with Gasteiger partial charge in [0.1, 0.15) is 11.3 Å². The zero-order valence-corrected chi connectivity index (χ0v) is 13.2. The molecule has 5 nitrogen and oxygen atoms in total. The van der Waals surface area contributed by atoms with E-state index in [-0.39, 0.29) is 5.91 Å². The Labute approximate surface area is 131 Å². The maximum atomic E-state index is 11.8. The maximum Gasteiger partial charge on any atom is 0.341 e. The Hall–Kier alpha value is -2.04. The summed E-state index contributed by atoms with van der Waals surface area (Å²) in [4.78, 5) is 23.0. The van der Waals surface area contributed by atoms with Crippen molar-refractivity contribution in [2.24, 2.45) is 5.92 Å². The van der Waals surface area contributed by atoms with Crippen LogP contribution in [0.25, 0.3) is 0 Å². The van der Waals surface area contributed by atoms with Gasteiger partial charge in [-0.25, -0.2) is 4.79 Å². The number of rotatable bonds is 5. The van der Waals surface area contributed by atoms with Crippen molar-refractivity contribution in [1.29, 1.82) is 0 Å². The first-order valence-electron chi connectivity index (χ1n) is 7.73. The van der Waals surface area contributed by atoms with E-state index in [1.165, 1.54) is 46.1 Å². The second-order valence-corrected chi connectivity index (χ2v) is 5.70. The fraction of sp³-hybridized carbons (Fsp3) is 0.529. The van der Waals surface area contributed by atoms with E-state index in [1.807, 2.05) is 0 Å². The van der Waals surface area contributed by atoms with Crippen LogP contribution in [0.3, 0.4) is 0 Å². The number of benzene rings is 1. The number of carbonyl (C=O) groups excluding carboxylic acids is 2. The molecular formula is C17H23NO4. The van der Waals surface area contributed by atoms with Crippen LogP contribution in [0.2, 0.25) is 0 Å². The molecule has 1 N–H and O–H groups in total. The van der Waals surface area contributed by atoms with Crippen LogP contribution in [0, 0.1) is 5.92 Å². The van der Waals surface area contributed by atoms with E-state index in [0.29, 0.717) is 29.5 Å². The lowest BCUT2D eigenvalue weighted by Gasteiger charge is -2.22. The Morgan fingerprint density at radius 2 is 1.95 bits per heavy atom. The summed E-state index contributed by atoms with van der Waals surface area (Å²) in [5.41, 5.74) is 0.992. The van der Waals surface area contributed by atoms with Crippen molar-refractivity contribution >= 4 is 17.6 Å². The van der Waals surface area contributed by atoms with Gasteiger partial charge in [-0.1, -0.05) is 19.3 Å². The van der Waals surface area contributed by atoms with Crippen molar-refractivity contribution in [3.63, 3.8) is 0 Å². The minimum Gasteiger partial charge on any atom is -0.492 e. The van der Waals surface area contributed by atoms with Gasteiger partial charge >= 0.3 is 5.97 Å². The molecule has 0 heterocycles. The molecule has 1 aromatic carbocycles. The van der Waals surface area contributed by atoms with Gasteiger partial charge in [0.05, 0.1) is 13.7 Å². The third kappa shape index (κ3) is 4.48. The van der Waals surface area contributed by atoms with Crippen LogP contribution in [0.5, 0.6) is 5.75 Å². The molecule has 5 heteroatoms. The molecule has 1 aliphatic rings. The second-order valence-electron chi connectivity index (χ2n) is 5.70. The highest BCUT2D eigenvalue weighted by molar-refractivity contribution is 5.94. The van der Waals surface area contributed by atoms with Gasteiger partial charge in [0.15, 0.2) is 0 Å². The standard InChI is InChI=1S/C17H23NO4/c1-12(19)18-14-8-9-15(17(20)21-2)16(10-14)22-11-13-6-4-3-5-7-13/h8-10,13H,3-7,11H2,1-2H3,(H,18,19). The molecule has 0 aliphatic heterocycles. The summed E-state index contributed by atoms with van der Waals surface area (Å²) >= 11 is 0. The Morgan fingerprint density at radius 1 is 1.23 bits per heavy atom. The van der Waals surface area contributed by atoms with Gasteiger partial charge < -0.3 is 14.8 Å². The largest absolute Gasteiger partial charge is 0.492 e. The van der Waals surface area contributed by atoms with Gasteiger partial charge in [0.25, 0.3) is 0 Å². The SMILES string of the molecule is COC(=O)c1ccc(NC(C)=O)cc1OCC1CCCCC1. The van der Waals surface area contributed by atoms with Crippen molar-refractivity contribution in [2.45, 2.75) is 39.0 Å². The number of hydrogen-bond donors (Lipinski definition) is 1. The molecule has 1 aromatic rings.